The van der Waals surface area contributed by atoms with Crippen molar-refractivity contribution in [3.63, 3.8) is 0 Å². The molecule has 0 fully saturated rings. The minimum atomic E-state index is 0.521. The summed E-state index contributed by atoms with van der Waals surface area (Å²) in [4.78, 5) is 0. The van der Waals surface area contributed by atoms with Gasteiger partial charge in [0.1, 0.15) is 0 Å². The van der Waals surface area contributed by atoms with Crippen molar-refractivity contribution in [1.29, 1.82) is 0 Å². The molecule has 0 saturated heterocycles. The first-order valence-electron chi connectivity index (χ1n) is 5.99. The van der Waals surface area contributed by atoms with Crippen LogP contribution >= 0.6 is 0 Å². The van der Waals surface area contributed by atoms with Crippen LogP contribution in [0.5, 0.6) is 0 Å². The Hall–Kier alpha value is 0. The van der Waals surface area contributed by atoms with Crippen molar-refractivity contribution in [2.24, 2.45) is 11.3 Å². The van der Waals surface area contributed by atoms with E-state index in [0.717, 1.165) is 5.92 Å². The van der Waals surface area contributed by atoms with Crippen LogP contribution in [0.1, 0.15) is 73.1 Å². The summed E-state index contributed by atoms with van der Waals surface area (Å²) in [5.41, 5.74) is 0.521. The molecule has 0 amide bonds. The lowest BCUT2D eigenvalue weighted by molar-refractivity contribution is 0.271. The van der Waals surface area contributed by atoms with Crippen LogP contribution in [-0.2, 0) is 0 Å². The predicted molar refractivity (Wildman–Crippen MR) is 62.0 cm³/mol. The summed E-state index contributed by atoms with van der Waals surface area (Å²) in [6, 6.07) is 0. The molecule has 1 unspecified atom stereocenters. The van der Waals surface area contributed by atoms with Crippen molar-refractivity contribution >= 4 is 0 Å². The molecule has 0 nitrogen and oxygen atoms in total. The molecule has 0 aromatic heterocycles. The van der Waals surface area contributed by atoms with E-state index in [2.05, 4.69) is 34.6 Å². The van der Waals surface area contributed by atoms with Crippen molar-refractivity contribution < 1.29 is 0 Å². The predicted octanol–water partition coefficient (Wildman–Crippen LogP) is 5.03. The largest absolute Gasteiger partial charge is 0.0654 e. The summed E-state index contributed by atoms with van der Waals surface area (Å²) in [6.07, 6.45) is 8.41. The smallest absolute Gasteiger partial charge is 0.0380 e. The van der Waals surface area contributed by atoms with E-state index in [4.69, 9.17) is 0 Å². The van der Waals surface area contributed by atoms with E-state index in [9.17, 15) is 0 Å². The van der Waals surface area contributed by atoms with E-state index in [-0.39, 0.29) is 0 Å². The highest BCUT2D eigenvalue weighted by Crippen LogP contribution is 2.29. The first-order valence-corrected chi connectivity index (χ1v) is 5.99. The minimum absolute atomic E-state index is 0.521. The third kappa shape index (κ3) is 8.33. The average Bonchev–Trinajstić information content (AvgIpc) is 2.01. The summed E-state index contributed by atoms with van der Waals surface area (Å²) in [7, 11) is 0. The van der Waals surface area contributed by atoms with E-state index in [0.29, 0.717) is 5.41 Å². The molecule has 0 heteroatoms. The Kier molecular flexibility index (Phi) is 6.45. The zero-order chi connectivity index (χ0) is 10.3. The molecular weight excluding hydrogens is 156 g/mol. The Bertz CT molecular complexity index is 108. The monoisotopic (exact) mass is 184 g/mol. The summed E-state index contributed by atoms with van der Waals surface area (Å²) in [6.45, 7) is 11.7. The molecule has 0 aliphatic rings. The van der Waals surface area contributed by atoms with Crippen LogP contribution in [0.3, 0.4) is 0 Å². The Morgan fingerprint density at radius 1 is 1.00 bits per heavy atom. The maximum absolute atomic E-state index is 2.36. The molecule has 13 heavy (non-hydrogen) atoms. The zero-order valence-electron chi connectivity index (χ0n) is 10.3. The highest BCUT2D eigenvalue weighted by molar-refractivity contribution is 4.68. The average molecular weight is 184 g/mol. The molecule has 0 spiro atoms. The summed E-state index contributed by atoms with van der Waals surface area (Å²) >= 11 is 0. The highest BCUT2D eigenvalue weighted by atomic mass is 14.2. The van der Waals surface area contributed by atoms with Crippen LogP contribution < -0.4 is 0 Å². The summed E-state index contributed by atoms with van der Waals surface area (Å²) in [5.74, 6) is 0.964. The number of unbranched alkanes of at least 4 members (excludes halogenated alkanes) is 2. The van der Waals surface area contributed by atoms with Gasteiger partial charge >= 0.3 is 0 Å². The Balaban J connectivity index is 3.63. The van der Waals surface area contributed by atoms with Crippen LogP contribution in [-0.4, -0.2) is 0 Å². The van der Waals surface area contributed by atoms with E-state index < -0.39 is 0 Å². The van der Waals surface area contributed by atoms with E-state index >= 15 is 0 Å². The third-order valence-electron chi connectivity index (χ3n) is 2.69. The Morgan fingerprint density at radius 3 is 2.00 bits per heavy atom. The van der Waals surface area contributed by atoms with Gasteiger partial charge in [-0.25, -0.2) is 0 Å². The molecular formula is C13H28. The molecule has 0 radical (unpaired) electrons. The van der Waals surface area contributed by atoms with Crippen LogP contribution in [0, 0.1) is 11.3 Å². The number of hydrogen-bond acceptors (Lipinski definition) is 0. The summed E-state index contributed by atoms with van der Waals surface area (Å²) < 4.78 is 0. The second-order valence-electron chi connectivity index (χ2n) is 5.53. The van der Waals surface area contributed by atoms with Crippen molar-refractivity contribution in [1.82, 2.24) is 0 Å². The normalized spacial score (nSPS) is 14.5. The van der Waals surface area contributed by atoms with Crippen LogP contribution in [0.15, 0.2) is 0 Å². The van der Waals surface area contributed by atoms with Crippen LogP contribution in [0.4, 0.5) is 0 Å². The molecule has 0 saturated carbocycles. The van der Waals surface area contributed by atoms with Crippen molar-refractivity contribution in [3.8, 4) is 0 Å². The molecule has 1 atom stereocenters. The topological polar surface area (TPSA) is 0 Å². The highest BCUT2D eigenvalue weighted by Gasteiger charge is 2.16. The van der Waals surface area contributed by atoms with Gasteiger partial charge in [0.25, 0.3) is 0 Å². The lowest BCUT2D eigenvalue weighted by Gasteiger charge is -2.25. The fourth-order valence-corrected chi connectivity index (χ4v) is 2.00. The molecule has 0 heterocycles. The molecule has 0 N–H and O–H groups in total. The van der Waals surface area contributed by atoms with Gasteiger partial charge in [0.15, 0.2) is 0 Å². The van der Waals surface area contributed by atoms with Gasteiger partial charge in [-0.05, 0) is 17.8 Å². The van der Waals surface area contributed by atoms with E-state index in [1.807, 2.05) is 0 Å². The van der Waals surface area contributed by atoms with Gasteiger partial charge in [-0.2, -0.15) is 0 Å². The molecule has 0 aromatic carbocycles. The van der Waals surface area contributed by atoms with Gasteiger partial charge < -0.3 is 0 Å². The van der Waals surface area contributed by atoms with Gasteiger partial charge in [0, 0.05) is 0 Å². The van der Waals surface area contributed by atoms with Crippen LogP contribution in [0.2, 0.25) is 0 Å². The molecule has 80 valence electrons. The first-order chi connectivity index (χ1) is 5.99. The van der Waals surface area contributed by atoms with Gasteiger partial charge in [0.2, 0.25) is 0 Å². The molecule has 0 aromatic rings. The summed E-state index contributed by atoms with van der Waals surface area (Å²) in [5, 5.41) is 0. The fraction of sp³-hybridized carbons (Fsp3) is 1.00. The zero-order valence-corrected chi connectivity index (χ0v) is 10.3. The van der Waals surface area contributed by atoms with Gasteiger partial charge in [0.05, 0.1) is 0 Å². The third-order valence-corrected chi connectivity index (χ3v) is 2.69. The molecule has 0 bridgehead atoms. The maximum Gasteiger partial charge on any atom is -0.0380 e. The van der Waals surface area contributed by atoms with E-state index in [1.54, 1.807) is 0 Å². The molecule has 0 aliphatic carbocycles. The Labute approximate surface area is 85.1 Å². The number of rotatable bonds is 6. The second-order valence-corrected chi connectivity index (χ2v) is 5.53. The Morgan fingerprint density at radius 2 is 1.62 bits per heavy atom. The second kappa shape index (κ2) is 6.45. The van der Waals surface area contributed by atoms with Gasteiger partial charge in [-0.15, -0.1) is 0 Å². The first kappa shape index (κ1) is 13.0. The van der Waals surface area contributed by atoms with Crippen molar-refractivity contribution in [3.05, 3.63) is 0 Å². The van der Waals surface area contributed by atoms with Gasteiger partial charge in [-0.3, -0.25) is 0 Å². The minimum Gasteiger partial charge on any atom is -0.0654 e. The van der Waals surface area contributed by atoms with Gasteiger partial charge in [-0.1, -0.05) is 66.7 Å². The van der Waals surface area contributed by atoms with E-state index in [1.165, 1.54) is 38.5 Å². The van der Waals surface area contributed by atoms with Crippen LogP contribution in [0.25, 0.3) is 0 Å². The van der Waals surface area contributed by atoms with Crippen molar-refractivity contribution in [2.45, 2.75) is 73.1 Å². The maximum atomic E-state index is 2.36. The lowest BCUT2D eigenvalue weighted by atomic mass is 9.81. The fourth-order valence-electron chi connectivity index (χ4n) is 2.00. The molecule has 0 aliphatic heterocycles. The standard InChI is InChI=1S/C13H28/c1-6-8-9-10-12(7-2)11-13(3,4)5/h12H,6-11H2,1-5H3. The lowest BCUT2D eigenvalue weighted by Crippen LogP contribution is -2.12. The molecule has 0 rings (SSSR count). The number of hydrogen-bond donors (Lipinski definition) is 0. The SMILES string of the molecule is CCCCCC(CC)CC(C)(C)C. The van der Waals surface area contributed by atoms with Crippen molar-refractivity contribution in [2.75, 3.05) is 0 Å². The quantitative estimate of drug-likeness (QED) is 0.508.